The summed E-state index contributed by atoms with van der Waals surface area (Å²) in [5.74, 6) is 0. The topological polar surface area (TPSA) is 42.1 Å². The van der Waals surface area contributed by atoms with E-state index >= 15 is 0 Å². The summed E-state index contributed by atoms with van der Waals surface area (Å²) >= 11 is 1.74. The van der Waals surface area contributed by atoms with E-state index in [0.29, 0.717) is 5.41 Å². The zero-order chi connectivity index (χ0) is 11.8. The molecule has 1 fully saturated rings. The van der Waals surface area contributed by atoms with Gasteiger partial charge >= 0.3 is 0 Å². The number of hydrogen-bond acceptors (Lipinski definition) is 4. The van der Waals surface area contributed by atoms with Crippen molar-refractivity contribution in [2.75, 3.05) is 18.0 Å². The van der Waals surface area contributed by atoms with Crippen molar-refractivity contribution in [3.63, 3.8) is 0 Å². The van der Waals surface area contributed by atoms with Gasteiger partial charge in [-0.1, -0.05) is 13.8 Å². The smallest absolute Gasteiger partial charge is 0.185 e. The van der Waals surface area contributed by atoms with Gasteiger partial charge < -0.3 is 10.6 Å². The zero-order valence-corrected chi connectivity index (χ0v) is 11.2. The quantitative estimate of drug-likeness (QED) is 0.863. The maximum absolute atomic E-state index is 5.86. The minimum atomic E-state index is 0.101. The van der Waals surface area contributed by atoms with Gasteiger partial charge in [-0.2, -0.15) is 0 Å². The highest BCUT2D eigenvalue weighted by molar-refractivity contribution is 7.15. The van der Waals surface area contributed by atoms with Crippen LogP contribution in [-0.4, -0.2) is 18.1 Å². The molecule has 0 aliphatic carbocycles. The van der Waals surface area contributed by atoms with Gasteiger partial charge in [-0.25, -0.2) is 4.98 Å². The Morgan fingerprint density at radius 2 is 2.31 bits per heavy atom. The zero-order valence-electron chi connectivity index (χ0n) is 10.4. The third-order valence-electron chi connectivity index (χ3n) is 3.13. The second-order valence-corrected chi connectivity index (χ2v) is 6.56. The van der Waals surface area contributed by atoms with Crippen molar-refractivity contribution >= 4 is 16.5 Å². The predicted molar refractivity (Wildman–Crippen MR) is 69.9 cm³/mol. The molecule has 2 N–H and O–H groups in total. The molecule has 0 radical (unpaired) electrons. The van der Waals surface area contributed by atoms with Crippen LogP contribution >= 0.6 is 11.3 Å². The highest BCUT2D eigenvalue weighted by Gasteiger charge is 2.27. The molecule has 1 unspecified atom stereocenters. The highest BCUT2D eigenvalue weighted by Crippen LogP contribution is 2.34. The Morgan fingerprint density at radius 1 is 1.56 bits per heavy atom. The summed E-state index contributed by atoms with van der Waals surface area (Å²) in [4.78, 5) is 8.07. The van der Waals surface area contributed by atoms with Gasteiger partial charge in [0.15, 0.2) is 5.13 Å². The first kappa shape index (κ1) is 11.9. The van der Waals surface area contributed by atoms with Gasteiger partial charge in [0.05, 0.1) is 0 Å². The molecule has 0 bridgehead atoms. The standard InChI is InChI=1S/C12H21N3S/c1-9(13)10-7-14-11(16-10)15-6-4-5-12(2,3)8-15/h7,9H,4-6,8,13H2,1-3H3. The van der Waals surface area contributed by atoms with Crippen LogP contribution in [0.4, 0.5) is 5.13 Å². The molecule has 3 nitrogen and oxygen atoms in total. The van der Waals surface area contributed by atoms with Crippen LogP contribution in [0, 0.1) is 5.41 Å². The molecule has 1 saturated heterocycles. The van der Waals surface area contributed by atoms with Crippen LogP contribution in [0.5, 0.6) is 0 Å². The Hall–Kier alpha value is -0.610. The van der Waals surface area contributed by atoms with Crippen molar-refractivity contribution in [1.82, 2.24) is 4.98 Å². The molecule has 4 heteroatoms. The Balaban J connectivity index is 2.11. The largest absolute Gasteiger partial charge is 0.348 e. The molecular weight excluding hydrogens is 218 g/mol. The van der Waals surface area contributed by atoms with Crippen molar-refractivity contribution in [2.24, 2.45) is 11.1 Å². The number of aromatic nitrogens is 1. The van der Waals surface area contributed by atoms with E-state index in [2.05, 4.69) is 23.7 Å². The van der Waals surface area contributed by atoms with Crippen LogP contribution in [0.1, 0.15) is 44.5 Å². The summed E-state index contributed by atoms with van der Waals surface area (Å²) in [6.45, 7) is 8.92. The Morgan fingerprint density at radius 3 is 2.88 bits per heavy atom. The summed E-state index contributed by atoms with van der Waals surface area (Å²) in [5, 5.41) is 1.14. The third kappa shape index (κ3) is 2.55. The van der Waals surface area contributed by atoms with Gasteiger partial charge in [-0.05, 0) is 25.2 Å². The van der Waals surface area contributed by atoms with Gasteiger partial charge in [0.1, 0.15) is 0 Å². The molecule has 0 spiro atoms. The summed E-state index contributed by atoms with van der Waals surface area (Å²) in [6.07, 6.45) is 4.50. The third-order valence-corrected chi connectivity index (χ3v) is 4.39. The lowest BCUT2D eigenvalue weighted by Gasteiger charge is -2.37. The average molecular weight is 239 g/mol. The van der Waals surface area contributed by atoms with Crippen LogP contribution in [-0.2, 0) is 0 Å². The molecule has 2 heterocycles. The lowest BCUT2D eigenvalue weighted by atomic mass is 9.84. The molecule has 1 atom stereocenters. The molecule has 1 aromatic heterocycles. The Kier molecular flexibility index (Phi) is 3.22. The van der Waals surface area contributed by atoms with E-state index in [1.807, 2.05) is 13.1 Å². The second kappa shape index (κ2) is 4.34. The maximum atomic E-state index is 5.86. The summed E-state index contributed by atoms with van der Waals surface area (Å²) in [5.41, 5.74) is 6.28. The summed E-state index contributed by atoms with van der Waals surface area (Å²) < 4.78 is 0. The number of anilines is 1. The highest BCUT2D eigenvalue weighted by atomic mass is 32.1. The van der Waals surface area contributed by atoms with Crippen molar-refractivity contribution in [1.29, 1.82) is 0 Å². The number of piperidine rings is 1. The van der Waals surface area contributed by atoms with Crippen LogP contribution in [0.25, 0.3) is 0 Å². The monoisotopic (exact) mass is 239 g/mol. The Labute approximate surface area is 102 Å². The SMILES string of the molecule is CC(N)c1cnc(N2CCCC(C)(C)C2)s1. The van der Waals surface area contributed by atoms with Crippen LogP contribution in [0.3, 0.4) is 0 Å². The fourth-order valence-electron chi connectivity index (χ4n) is 2.22. The fraction of sp³-hybridized carbons (Fsp3) is 0.750. The minimum absolute atomic E-state index is 0.101. The molecule has 1 aliphatic heterocycles. The van der Waals surface area contributed by atoms with Crippen molar-refractivity contribution in [2.45, 2.75) is 39.7 Å². The molecular formula is C12H21N3S. The first-order valence-electron chi connectivity index (χ1n) is 5.94. The summed E-state index contributed by atoms with van der Waals surface area (Å²) in [7, 11) is 0. The lowest BCUT2D eigenvalue weighted by Crippen LogP contribution is -2.39. The van der Waals surface area contributed by atoms with E-state index in [4.69, 9.17) is 5.73 Å². The summed E-state index contributed by atoms with van der Waals surface area (Å²) in [6, 6.07) is 0.101. The van der Waals surface area contributed by atoms with Crippen LogP contribution < -0.4 is 10.6 Å². The molecule has 1 aromatic rings. The van der Waals surface area contributed by atoms with Gasteiger partial charge in [0.2, 0.25) is 0 Å². The van der Waals surface area contributed by atoms with E-state index in [-0.39, 0.29) is 6.04 Å². The average Bonchev–Trinajstić information content (AvgIpc) is 2.64. The van der Waals surface area contributed by atoms with E-state index in [1.165, 1.54) is 17.7 Å². The number of nitrogens with zero attached hydrogens (tertiary/aromatic N) is 2. The molecule has 90 valence electrons. The molecule has 2 rings (SSSR count). The molecule has 16 heavy (non-hydrogen) atoms. The normalized spacial score (nSPS) is 22.1. The number of nitrogens with two attached hydrogens (primary N) is 1. The first-order valence-corrected chi connectivity index (χ1v) is 6.76. The van der Waals surface area contributed by atoms with Crippen molar-refractivity contribution < 1.29 is 0 Å². The predicted octanol–water partition coefficient (Wildman–Crippen LogP) is 2.79. The van der Waals surface area contributed by atoms with Gasteiger partial charge in [-0.3, -0.25) is 0 Å². The van der Waals surface area contributed by atoms with E-state index in [0.717, 1.165) is 18.2 Å². The van der Waals surface area contributed by atoms with Crippen molar-refractivity contribution in [3.8, 4) is 0 Å². The van der Waals surface area contributed by atoms with E-state index in [9.17, 15) is 0 Å². The number of rotatable bonds is 2. The van der Waals surface area contributed by atoms with E-state index < -0.39 is 0 Å². The maximum Gasteiger partial charge on any atom is 0.185 e. The molecule has 1 aliphatic rings. The van der Waals surface area contributed by atoms with Gasteiger partial charge in [0.25, 0.3) is 0 Å². The first-order chi connectivity index (χ1) is 7.48. The molecule has 0 saturated carbocycles. The number of thiazole rings is 1. The lowest BCUT2D eigenvalue weighted by molar-refractivity contribution is 0.293. The van der Waals surface area contributed by atoms with Gasteiger partial charge in [-0.15, -0.1) is 11.3 Å². The van der Waals surface area contributed by atoms with Gasteiger partial charge in [0, 0.05) is 30.2 Å². The van der Waals surface area contributed by atoms with Crippen LogP contribution in [0.15, 0.2) is 6.20 Å². The molecule has 0 amide bonds. The second-order valence-electron chi connectivity index (χ2n) is 5.52. The van der Waals surface area contributed by atoms with Crippen LogP contribution in [0.2, 0.25) is 0 Å². The van der Waals surface area contributed by atoms with E-state index in [1.54, 1.807) is 11.3 Å². The number of hydrogen-bond donors (Lipinski definition) is 1. The molecule has 0 aromatic carbocycles. The minimum Gasteiger partial charge on any atom is -0.348 e. The Bertz CT molecular complexity index is 357. The van der Waals surface area contributed by atoms with Crippen molar-refractivity contribution in [3.05, 3.63) is 11.1 Å². The fourth-order valence-corrected chi connectivity index (χ4v) is 3.11.